The van der Waals surface area contributed by atoms with Crippen LogP contribution in [0, 0.1) is 13.8 Å². The molecule has 0 bridgehead atoms. The normalized spacial score (nSPS) is 10.1. The van der Waals surface area contributed by atoms with Crippen LogP contribution in [0.3, 0.4) is 0 Å². The zero-order valence-corrected chi connectivity index (χ0v) is 10.0. The fourth-order valence-electron chi connectivity index (χ4n) is 1.40. The molecule has 3 heteroatoms. The van der Waals surface area contributed by atoms with Crippen LogP contribution in [0.2, 0.25) is 5.02 Å². The van der Waals surface area contributed by atoms with Gasteiger partial charge in [-0.3, -0.25) is 4.79 Å². The highest BCUT2D eigenvalue weighted by Gasteiger charge is 2.08. The summed E-state index contributed by atoms with van der Waals surface area (Å²) >= 11 is 5.97. The molecular formula is C12H15ClO2. The van der Waals surface area contributed by atoms with Crippen LogP contribution in [0.5, 0.6) is 0 Å². The molecule has 1 aromatic carbocycles. The molecule has 0 saturated carbocycles. The SMILES string of the molecule is CCOC(=O)Cc1cc(C)c(Cl)cc1C. The molecule has 0 spiro atoms. The molecule has 0 unspecified atom stereocenters. The number of hydrogen-bond acceptors (Lipinski definition) is 2. The van der Waals surface area contributed by atoms with Crippen molar-refractivity contribution in [2.45, 2.75) is 27.2 Å². The Morgan fingerprint density at radius 1 is 1.33 bits per heavy atom. The van der Waals surface area contributed by atoms with Crippen molar-refractivity contribution in [1.82, 2.24) is 0 Å². The largest absolute Gasteiger partial charge is 0.466 e. The average molecular weight is 227 g/mol. The first-order valence-electron chi connectivity index (χ1n) is 4.95. The standard InChI is InChI=1S/C12H15ClO2/c1-4-15-12(14)7-10-5-9(3)11(13)6-8(10)2/h5-6H,4,7H2,1-3H3. The van der Waals surface area contributed by atoms with Crippen molar-refractivity contribution in [1.29, 1.82) is 0 Å². The van der Waals surface area contributed by atoms with E-state index in [1.165, 1.54) is 0 Å². The van der Waals surface area contributed by atoms with Crippen LogP contribution in [0.15, 0.2) is 12.1 Å². The van der Waals surface area contributed by atoms with Crippen molar-refractivity contribution in [2.75, 3.05) is 6.61 Å². The third-order valence-electron chi connectivity index (χ3n) is 2.26. The number of carbonyl (C=O) groups is 1. The molecule has 0 amide bonds. The molecule has 0 aliphatic rings. The Bertz CT molecular complexity index is 372. The van der Waals surface area contributed by atoms with Gasteiger partial charge in [0.25, 0.3) is 0 Å². The van der Waals surface area contributed by atoms with E-state index >= 15 is 0 Å². The maximum atomic E-state index is 11.3. The van der Waals surface area contributed by atoms with E-state index in [4.69, 9.17) is 16.3 Å². The molecule has 0 N–H and O–H groups in total. The van der Waals surface area contributed by atoms with E-state index < -0.39 is 0 Å². The zero-order chi connectivity index (χ0) is 11.4. The third-order valence-corrected chi connectivity index (χ3v) is 2.66. The summed E-state index contributed by atoms with van der Waals surface area (Å²) in [4.78, 5) is 11.3. The smallest absolute Gasteiger partial charge is 0.310 e. The summed E-state index contributed by atoms with van der Waals surface area (Å²) in [6.07, 6.45) is 0.317. The number of rotatable bonds is 3. The molecule has 15 heavy (non-hydrogen) atoms. The van der Waals surface area contributed by atoms with Crippen LogP contribution in [0.4, 0.5) is 0 Å². The molecule has 0 heterocycles. The number of ether oxygens (including phenoxy) is 1. The molecular weight excluding hydrogens is 212 g/mol. The number of esters is 1. The Kier molecular flexibility index (Phi) is 4.15. The fourth-order valence-corrected chi connectivity index (χ4v) is 1.62. The number of halogens is 1. The lowest BCUT2D eigenvalue weighted by Crippen LogP contribution is -2.08. The van der Waals surface area contributed by atoms with E-state index in [9.17, 15) is 4.79 Å². The van der Waals surface area contributed by atoms with Gasteiger partial charge in [0, 0.05) is 5.02 Å². The van der Waals surface area contributed by atoms with Crippen LogP contribution in [-0.2, 0) is 16.0 Å². The summed E-state index contributed by atoms with van der Waals surface area (Å²) in [6, 6.07) is 3.82. The van der Waals surface area contributed by atoms with Crippen molar-refractivity contribution in [2.24, 2.45) is 0 Å². The van der Waals surface area contributed by atoms with Gasteiger partial charge >= 0.3 is 5.97 Å². The summed E-state index contributed by atoms with van der Waals surface area (Å²) in [5.74, 6) is -0.192. The average Bonchev–Trinajstić information content (AvgIpc) is 2.14. The highest BCUT2D eigenvalue weighted by molar-refractivity contribution is 6.31. The lowest BCUT2D eigenvalue weighted by Gasteiger charge is -2.08. The molecule has 2 nitrogen and oxygen atoms in total. The Hall–Kier alpha value is -1.02. The van der Waals surface area contributed by atoms with Gasteiger partial charge in [-0.05, 0) is 43.5 Å². The summed E-state index contributed by atoms with van der Waals surface area (Å²) < 4.78 is 4.90. The van der Waals surface area contributed by atoms with Crippen molar-refractivity contribution >= 4 is 17.6 Å². The number of benzene rings is 1. The quantitative estimate of drug-likeness (QED) is 0.741. The van der Waals surface area contributed by atoms with Gasteiger partial charge in [0.15, 0.2) is 0 Å². The van der Waals surface area contributed by atoms with E-state index in [1.54, 1.807) is 6.92 Å². The summed E-state index contributed by atoms with van der Waals surface area (Å²) in [6.45, 7) is 6.10. The van der Waals surface area contributed by atoms with Crippen molar-refractivity contribution in [3.8, 4) is 0 Å². The monoisotopic (exact) mass is 226 g/mol. The van der Waals surface area contributed by atoms with Gasteiger partial charge in [-0.25, -0.2) is 0 Å². The zero-order valence-electron chi connectivity index (χ0n) is 9.26. The fraction of sp³-hybridized carbons (Fsp3) is 0.417. The Morgan fingerprint density at radius 2 is 2.00 bits per heavy atom. The van der Waals surface area contributed by atoms with Crippen LogP contribution in [0.1, 0.15) is 23.6 Å². The first-order chi connectivity index (χ1) is 7.04. The van der Waals surface area contributed by atoms with Gasteiger partial charge in [0.2, 0.25) is 0 Å². The van der Waals surface area contributed by atoms with Crippen LogP contribution in [0.25, 0.3) is 0 Å². The van der Waals surface area contributed by atoms with Gasteiger partial charge in [-0.2, -0.15) is 0 Å². The minimum atomic E-state index is -0.192. The molecule has 82 valence electrons. The third kappa shape index (κ3) is 3.24. The lowest BCUT2D eigenvalue weighted by atomic mass is 10.0. The first kappa shape index (κ1) is 12.1. The Balaban J connectivity index is 2.86. The van der Waals surface area contributed by atoms with Crippen molar-refractivity contribution in [3.05, 3.63) is 33.8 Å². The molecule has 0 atom stereocenters. The second-order valence-corrected chi connectivity index (χ2v) is 3.92. The van der Waals surface area contributed by atoms with E-state index in [2.05, 4.69) is 0 Å². The Morgan fingerprint density at radius 3 is 2.60 bits per heavy atom. The molecule has 1 aromatic rings. The van der Waals surface area contributed by atoms with E-state index in [1.807, 2.05) is 26.0 Å². The van der Waals surface area contributed by atoms with Crippen molar-refractivity contribution in [3.63, 3.8) is 0 Å². The van der Waals surface area contributed by atoms with Crippen LogP contribution < -0.4 is 0 Å². The second kappa shape index (κ2) is 5.17. The van der Waals surface area contributed by atoms with Gasteiger partial charge in [-0.15, -0.1) is 0 Å². The Labute approximate surface area is 95.2 Å². The summed E-state index contributed by atoms with van der Waals surface area (Å²) in [5.41, 5.74) is 3.00. The molecule has 0 aliphatic heterocycles. The van der Waals surface area contributed by atoms with Crippen LogP contribution in [-0.4, -0.2) is 12.6 Å². The van der Waals surface area contributed by atoms with E-state index in [0.29, 0.717) is 13.0 Å². The maximum Gasteiger partial charge on any atom is 0.310 e. The molecule has 0 aromatic heterocycles. The van der Waals surface area contributed by atoms with E-state index in [0.717, 1.165) is 21.7 Å². The van der Waals surface area contributed by atoms with E-state index in [-0.39, 0.29) is 5.97 Å². The summed E-state index contributed by atoms with van der Waals surface area (Å²) in [5, 5.41) is 0.736. The lowest BCUT2D eigenvalue weighted by molar-refractivity contribution is -0.142. The van der Waals surface area contributed by atoms with Crippen LogP contribution >= 0.6 is 11.6 Å². The molecule has 0 fully saturated rings. The van der Waals surface area contributed by atoms with Crippen molar-refractivity contribution < 1.29 is 9.53 Å². The van der Waals surface area contributed by atoms with Gasteiger partial charge in [-0.1, -0.05) is 17.7 Å². The minimum absolute atomic E-state index is 0.192. The number of aryl methyl sites for hydroxylation is 2. The minimum Gasteiger partial charge on any atom is -0.466 e. The van der Waals surface area contributed by atoms with Gasteiger partial charge in [0.05, 0.1) is 13.0 Å². The predicted molar refractivity (Wildman–Crippen MR) is 61.3 cm³/mol. The number of hydrogen-bond donors (Lipinski definition) is 0. The van der Waals surface area contributed by atoms with Gasteiger partial charge < -0.3 is 4.74 Å². The second-order valence-electron chi connectivity index (χ2n) is 3.51. The molecule has 0 radical (unpaired) electrons. The topological polar surface area (TPSA) is 26.3 Å². The van der Waals surface area contributed by atoms with Gasteiger partial charge in [0.1, 0.15) is 0 Å². The highest BCUT2D eigenvalue weighted by atomic mass is 35.5. The molecule has 0 aliphatic carbocycles. The molecule has 1 rings (SSSR count). The maximum absolute atomic E-state index is 11.3. The highest BCUT2D eigenvalue weighted by Crippen LogP contribution is 2.20. The summed E-state index contributed by atoms with van der Waals surface area (Å²) in [7, 11) is 0. The number of carbonyl (C=O) groups excluding carboxylic acids is 1. The molecule has 0 saturated heterocycles. The predicted octanol–water partition coefficient (Wildman–Crippen LogP) is 3.06. The first-order valence-corrected chi connectivity index (χ1v) is 5.33.